The number of rotatable bonds is 5. The van der Waals surface area contributed by atoms with E-state index in [1.165, 1.54) is 17.0 Å². The van der Waals surface area contributed by atoms with Gasteiger partial charge in [0.15, 0.2) is 0 Å². The van der Waals surface area contributed by atoms with Crippen molar-refractivity contribution >= 4 is 11.6 Å². The van der Waals surface area contributed by atoms with Crippen LogP contribution in [0.3, 0.4) is 0 Å². The van der Waals surface area contributed by atoms with Gasteiger partial charge in [0.25, 0.3) is 11.6 Å². The van der Waals surface area contributed by atoms with Gasteiger partial charge in [-0.15, -0.1) is 0 Å². The van der Waals surface area contributed by atoms with Crippen LogP contribution in [-0.2, 0) is 6.54 Å². The molecule has 0 aromatic heterocycles. The smallest absolute Gasteiger partial charge is 0.274 e. The quantitative estimate of drug-likeness (QED) is 0.627. The summed E-state index contributed by atoms with van der Waals surface area (Å²) in [5.41, 5.74) is 1.26. The number of nitro groups is 1. The molecule has 2 aromatic rings. The van der Waals surface area contributed by atoms with E-state index < -0.39 is 4.92 Å². The van der Waals surface area contributed by atoms with Gasteiger partial charge in [0.05, 0.1) is 23.1 Å². The SMILES string of the molecule is CCN(Cc1ccccc1[N+](=O)[O-])C(=O)c1cccc(C#N)c1. The van der Waals surface area contributed by atoms with Crippen molar-refractivity contribution in [2.45, 2.75) is 13.5 Å². The summed E-state index contributed by atoms with van der Waals surface area (Å²) < 4.78 is 0. The number of hydrogen-bond acceptors (Lipinski definition) is 4. The minimum absolute atomic E-state index is 0.00970. The molecule has 0 heterocycles. The van der Waals surface area contributed by atoms with Gasteiger partial charge < -0.3 is 4.90 Å². The van der Waals surface area contributed by atoms with Gasteiger partial charge in [0.2, 0.25) is 0 Å². The van der Waals surface area contributed by atoms with Crippen LogP contribution in [0.1, 0.15) is 28.4 Å². The number of nitro benzene ring substituents is 1. The molecule has 2 aromatic carbocycles. The molecule has 0 radical (unpaired) electrons. The van der Waals surface area contributed by atoms with Crippen molar-refractivity contribution in [3.8, 4) is 6.07 Å². The van der Waals surface area contributed by atoms with Gasteiger partial charge in [0, 0.05) is 23.7 Å². The maximum Gasteiger partial charge on any atom is 0.274 e. The van der Waals surface area contributed by atoms with Crippen molar-refractivity contribution in [3.63, 3.8) is 0 Å². The molecule has 0 unspecified atom stereocenters. The second kappa shape index (κ2) is 7.18. The van der Waals surface area contributed by atoms with E-state index in [4.69, 9.17) is 5.26 Å². The molecule has 0 saturated carbocycles. The average Bonchev–Trinajstić information content (AvgIpc) is 2.59. The van der Waals surface area contributed by atoms with Gasteiger partial charge in [-0.1, -0.05) is 24.3 Å². The lowest BCUT2D eigenvalue weighted by molar-refractivity contribution is -0.385. The van der Waals surface area contributed by atoms with E-state index >= 15 is 0 Å². The van der Waals surface area contributed by atoms with Gasteiger partial charge in [-0.2, -0.15) is 5.26 Å². The van der Waals surface area contributed by atoms with E-state index in [9.17, 15) is 14.9 Å². The van der Waals surface area contributed by atoms with E-state index in [0.29, 0.717) is 23.2 Å². The molecule has 0 aliphatic heterocycles. The Morgan fingerprint density at radius 2 is 2.00 bits per heavy atom. The lowest BCUT2D eigenvalue weighted by atomic mass is 10.1. The average molecular weight is 309 g/mol. The minimum atomic E-state index is -0.454. The van der Waals surface area contributed by atoms with Gasteiger partial charge in [-0.25, -0.2) is 0 Å². The first-order valence-electron chi connectivity index (χ1n) is 7.08. The van der Waals surface area contributed by atoms with Crippen LogP contribution in [-0.4, -0.2) is 22.3 Å². The highest BCUT2D eigenvalue weighted by Crippen LogP contribution is 2.20. The number of carbonyl (C=O) groups excluding carboxylic acids is 1. The number of benzene rings is 2. The standard InChI is InChI=1S/C17H15N3O3/c1-2-19(12-15-7-3-4-9-16(15)20(22)23)17(21)14-8-5-6-13(10-14)11-18/h3-10H,2,12H2,1H3. The van der Waals surface area contributed by atoms with Crippen LogP contribution in [0.15, 0.2) is 48.5 Å². The highest BCUT2D eigenvalue weighted by atomic mass is 16.6. The number of nitrogens with zero attached hydrogens (tertiary/aromatic N) is 3. The Kier molecular flexibility index (Phi) is 5.05. The van der Waals surface area contributed by atoms with Crippen molar-refractivity contribution in [3.05, 3.63) is 75.3 Å². The third-order valence-corrected chi connectivity index (χ3v) is 3.46. The van der Waals surface area contributed by atoms with E-state index in [1.807, 2.05) is 6.07 Å². The van der Waals surface area contributed by atoms with Crippen LogP contribution < -0.4 is 0 Å². The lowest BCUT2D eigenvalue weighted by Crippen LogP contribution is -2.30. The lowest BCUT2D eigenvalue weighted by Gasteiger charge is -2.21. The molecule has 6 heteroatoms. The van der Waals surface area contributed by atoms with Gasteiger partial charge >= 0.3 is 0 Å². The fourth-order valence-electron chi connectivity index (χ4n) is 2.26. The second-order valence-electron chi connectivity index (χ2n) is 4.90. The van der Waals surface area contributed by atoms with Gasteiger partial charge in [-0.05, 0) is 25.1 Å². The van der Waals surface area contributed by atoms with Crippen LogP contribution in [0.4, 0.5) is 5.69 Å². The predicted octanol–water partition coefficient (Wildman–Crippen LogP) is 3.13. The summed E-state index contributed by atoms with van der Waals surface area (Å²) >= 11 is 0. The molecular weight excluding hydrogens is 294 g/mol. The highest BCUT2D eigenvalue weighted by Gasteiger charge is 2.19. The van der Waals surface area contributed by atoms with Crippen LogP contribution >= 0.6 is 0 Å². The first-order chi connectivity index (χ1) is 11.1. The Morgan fingerprint density at radius 1 is 1.26 bits per heavy atom. The highest BCUT2D eigenvalue weighted by molar-refractivity contribution is 5.94. The normalized spacial score (nSPS) is 9.91. The second-order valence-corrected chi connectivity index (χ2v) is 4.90. The van der Waals surface area contributed by atoms with Gasteiger partial charge in [-0.3, -0.25) is 14.9 Å². The van der Waals surface area contributed by atoms with E-state index in [-0.39, 0.29) is 18.1 Å². The summed E-state index contributed by atoms with van der Waals surface area (Å²) in [6.07, 6.45) is 0. The molecule has 0 saturated heterocycles. The Hall–Kier alpha value is -3.20. The fraction of sp³-hybridized carbons (Fsp3) is 0.176. The van der Waals surface area contributed by atoms with Crippen molar-refractivity contribution < 1.29 is 9.72 Å². The zero-order valence-corrected chi connectivity index (χ0v) is 12.6. The molecule has 6 nitrogen and oxygen atoms in total. The molecule has 2 rings (SSSR count). The maximum atomic E-state index is 12.6. The van der Waals surface area contributed by atoms with Crippen LogP contribution in [0.25, 0.3) is 0 Å². The molecule has 0 atom stereocenters. The summed E-state index contributed by atoms with van der Waals surface area (Å²) in [5, 5.41) is 20.0. The molecule has 0 spiro atoms. The number of nitriles is 1. The zero-order valence-electron chi connectivity index (χ0n) is 12.6. The fourth-order valence-corrected chi connectivity index (χ4v) is 2.26. The monoisotopic (exact) mass is 309 g/mol. The Balaban J connectivity index is 2.28. The molecule has 0 aliphatic rings. The zero-order chi connectivity index (χ0) is 16.8. The molecule has 23 heavy (non-hydrogen) atoms. The Labute approximate surface area is 133 Å². The third-order valence-electron chi connectivity index (χ3n) is 3.46. The molecule has 0 fully saturated rings. The first kappa shape index (κ1) is 16.2. The number of hydrogen-bond donors (Lipinski definition) is 0. The molecular formula is C17H15N3O3. The number of para-hydroxylation sites is 1. The van der Waals surface area contributed by atoms with E-state index in [1.54, 1.807) is 43.3 Å². The largest absolute Gasteiger partial charge is 0.334 e. The van der Waals surface area contributed by atoms with Crippen molar-refractivity contribution in [2.24, 2.45) is 0 Å². The van der Waals surface area contributed by atoms with E-state index in [0.717, 1.165) is 0 Å². The Morgan fingerprint density at radius 3 is 2.65 bits per heavy atom. The summed E-state index contributed by atoms with van der Waals surface area (Å²) in [5.74, 6) is -0.261. The number of amides is 1. The van der Waals surface area contributed by atoms with Crippen molar-refractivity contribution in [1.82, 2.24) is 4.90 Å². The third kappa shape index (κ3) is 3.71. The summed E-state index contributed by atoms with van der Waals surface area (Å²) in [4.78, 5) is 24.7. The molecule has 1 amide bonds. The molecule has 116 valence electrons. The summed E-state index contributed by atoms with van der Waals surface area (Å²) in [6.45, 7) is 2.35. The van der Waals surface area contributed by atoms with Crippen molar-refractivity contribution in [2.75, 3.05) is 6.54 Å². The van der Waals surface area contributed by atoms with Crippen molar-refractivity contribution in [1.29, 1.82) is 5.26 Å². The Bertz CT molecular complexity index is 781. The van der Waals surface area contributed by atoms with Crippen LogP contribution in [0.5, 0.6) is 0 Å². The maximum absolute atomic E-state index is 12.6. The topological polar surface area (TPSA) is 87.2 Å². The van der Waals surface area contributed by atoms with E-state index in [2.05, 4.69) is 0 Å². The van der Waals surface area contributed by atoms with Crippen LogP contribution in [0, 0.1) is 21.4 Å². The molecule has 0 aliphatic carbocycles. The minimum Gasteiger partial charge on any atom is -0.334 e. The summed E-state index contributed by atoms with van der Waals surface area (Å²) in [7, 11) is 0. The first-order valence-corrected chi connectivity index (χ1v) is 7.08. The van der Waals surface area contributed by atoms with Gasteiger partial charge in [0.1, 0.15) is 0 Å². The summed E-state index contributed by atoms with van der Waals surface area (Å²) in [6, 6.07) is 14.8. The predicted molar refractivity (Wildman–Crippen MR) is 84.7 cm³/mol. The molecule has 0 N–H and O–H groups in total. The molecule has 0 bridgehead atoms. The van der Waals surface area contributed by atoms with Crippen LogP contribution in [0.2, 0.25) is 0 Å². The number of carbonyl (C=O) groups is 1.